The average Bonchev–Trinajstić information content (AvgIpc) is 2.72. The van der Waals surface area contributed by atoms with Gasteiger partial charge in [-0.2, -0.15) is 0 Å². The maximum Gasteiger partial charge on any atom is 0.277 e. The van der Waals surface area contributed by atoms with E-state index in [0.717, 1.165) is 32.7 Å². The molecule has 0 atom stereocenters. The van der Waals surface area contributed by atoms with E-state index in [4.69, 9.17) is 0 Å². The number of nitrogens with zero attached hydrogens (tertiary/aromatic N) is 1. The molecule has 0 spiro atoms. The minimum Gasteiger partial charge on any atom is -0.337 e. The summed E-state index contributed by atoms with van der Waals surface area (Å²) >= 11 is 0. The quantitative estimate of drug-likeness (QED) is 0.715. The Hall–Kier alpha value is -2.43. The van der Waals surface area contributed by atoms with Crippen molar-refractivity contribution in [2.75, 3.05) is 46.3 Å². The number of hydrogen-bond acceptors (Lipinski definition) is 1. The highest BCUT2D eigenvalue weighted by molar-refractivity contribution is 5.76. The smallest absolute Gasteiger partial charge is 0.277 e. The Balaban J connectivity index is 1.40. The maximum absolute atomic E-state index is 12.7. The molecule has 0 unspecified atom stereocenters. The molecule has 0 radical (unpaired) electrons. The van der Waals surface area contributed by atoms with Gasteiger partial charge in [-0.1, -0.05) is 60.2 Å². The summed E-state index contributed by atoms with van der Waals surface area (Å²) in [5, 5.41) is 0. The summed E-state index contributed by atoms with van der Waals surface area (Å²) in [7, 11) is 1.93. The van der Waals surface area contributed by atoms with E-state index in [2.05, 4.69) is 68.5 Å². The first-order valence-corrected chi connectivity index (χ1v) is 10.7. The number of carbonyl (C=O) groups excluding carboxylic acids is 1. The van der Waals surface area contributed by atoms with Crippen LogP contribution in [0.4, 0.5) is 0 Å². The number of hydrogen-bond donors (Lipinski definition) is 2. The van der Waals surface area contributed by atoms with Crippen molar-refractivity contribution in [1.29, 1.82) is 0 Å². The molecule has 4 heteroatoms. The van der Waals surface area contributed by atoms with Crippen molar-refractivity contribution in [3.63, 3.8) is 0 Å². The molecule has 3 rings (SSSR count). The Labute approximate surface area is 175 Å². The van der Waals surface area contributed by atoms with Gasteiger partial charge in [-0.25, -0.2) is 0 Å². The molecule has 1 saturated heterocycles. The fraction of sp³-hybridized carbons (Fsp3) is 0.400. The number of benzene rings is 2. The number of quaternary nitrogens is 2. The predicted octanol–water partition coefficient (Wildman–Crippen LogP) is 0.759. The molecule has 2 N–H and O–H groups in total. The van der Waals surface area contributed by atoms with Gasteiger partial charge in [0.15, 0.2) is 6.54 Å². The van der Waals surface area contributed by atoms with E-state index in [9.17, 15) is 4.79 Å². The van der Waals surface area contributed by atoms with E-state index in [0.29, 0.717) is 13.1 Å². The van der Waals surface area contributed by atoms with Crippen molar-refractivity contribution in [3.05, 3.63) is 76.9 Å². The lowest BCUT2D eigenvalue weighted by Gasteiger charge is -2.30. The Bertz CT molecular complexity index is 823. The van der Waals surface area contributed by atoms with Crippen LogP contribution in [0.1, 0.15) is 22.3 Å². The van der Waals surface area contributed by atoms with Crippen LogP contribution in [0.2, 0.25) is 0 Å². The van der Waals surface area contributed by atoms with Gasteiger partial charge >= 0.3 is 0 Å². The van der Waals surface area contributed by atoms with E-state index in [1.54, 1.807) is 4.90 Å². The van der Waals surface area contributed by atoms with Crippen LogP contribution in [-0.4, -0.2) is 57.1 Å². The second-order valence-electron chi connectivity index (χ2n) is 8.37. The first kappa shape index (κ1) is 21.3. The average molecular weight is 394 g/mol. The number of piperazine rings is 1. The molecular formula is C25H35N3O+2. The third kappa shape index (κ3) is 6.55. The summed E-state index contributed by atoms with van der Waals surface area (Å²) in [5.41, 5.74) is 5.02. The Morgan fingerprint density at radius 1 is 1.00 bits per heavy atom. The first-order chi connectivity index (χ1) is 14.0. The summed E-state index contributed by atoms with van der Waals surface area (Å²) in [4.78, 5) is 17.6. The largest absolute Gasteiger partial charge is 0.337 e. The van der Waals surface area contributed by atoms with Gasteiger partial charge in [-0.15, -0.1) is 0 Å². The van der Waals surface area contributed by atoms with E-state index < -0.39 is 0 Å². The zero-order chi connectivity index (χ0) is 20.6. The summed E-state index contributed by atoms with van der Waals surface area (Å²) in [6.07, 6.45) is 4.48. The number of rotatable bonds is 7. The normalized spacial score (nSPS) is 19.4. The molecule has 2 aromatic rings. The highest BCUT2D eigenvalue weighted by atomic mass is 16.2. The fourth-order valence-electron chi connectivity index (χ4n) is 3.98. The molecule has 2 aromatic carbocycles. The maximum atomic E-state index is 12.7. The zero-order valence-corrected chi connectivity index (χ0v) is 18.1. The summed E-state index contributed by atoms with van der Waals surface area (Å²) < 4.78 is 0. The van der Waals surface area contributed by atoms with Gasteiger partial charge in [0.1, 0.15) is 26.2 Å². The van der Waals surface area contributed by atoms with Crippen molar-refractivity contribution >= 4 is 12.0 Å². The van der Waals surface area contributed by atoms with Crippen molar-refractivity contribution in [2.45, 2.75) is 20.4 Å². The molecule has 1 heterocycles. The standard InChI is InChI=1S/C25H33N3O/c1-21-11-12-24(22(2)18-21)19-26(3)25(29)20-28-16-14-27(15-17-28)13-7-10-23-8-5-4-6-9-23/h4-12,18H,13-17,19-20H2,1-3H3/p+2/b10-7+. The van der Waals surface area contributed by atoms with Crippen LogP contribution in [0.15, 0.2) is 54.6 Å². The SMILES string of the molecule is Cc1ccc(CN(C)C(=O)C[NH+]2CC[NH+](C/C=C/c3ccccc3)CC2)c(C)c1. The lowest BCUT2D eigenvalue weighted by Crippen LogP contribution is -3.28. The lowest BCUT2D eigenvalue weighted by molar-refractivity contribution is -1.01. The van der Waals surface area contributed by atoms with E-state index in [1.807, 2.05) is 18.0 Å². The molecule has 0 saturated carbocycles. The van der Waals surface area contributed by atoms with Crippen molar-refractivity contribution in [2.24, 2.45) is 0 Å². The summed E-state index contributed by atoms with van der Waals surface area (Å²) in [6.45, 7) is 11.0. The molecule has 154 valence electrons. The van der Waals surface area contributed by atoms with Gasteiger partial charge in [-0.05, 0) is 36.6 Å². The lowest BCUT2D eigenvalue weighted by atomic mass is 10.1. The van der Waals surface area contributed by atoms with Crippen LogP contribution in [0.3, 0.4) is 0 Å². The van der Waals surface area contributed by atoms with Crippen LogP contribution < -0.4 is 9.80 Å². The summed E-state index contributed by atoms with van der Waals surface area (Å²) in [6, 6.07) is 16.9. The molecule has 1 amide bonds. The molecular weight excluding hydrogens is 358 g/mol. The highest BCUT2D eigenvalue weighted by Crippen LogP contribution is 2.12. The predicted molar refractivity (Wildman–Crippen MR) is 119 cm³/mol. The Morgan fingerprint density at radius 2 is 1.69 bits per heavy atom. The van der Waals surface area contributed by atoms with E-state index in [1.165, 1.54) is 27.2 Å². The van der Waals surface area contributed by atoms with Gasteiger partial charge in [-0.3, -0.25) is 4.79 Å². The molecule has 1 fully saturated rings. The number of amides is 1. The molecule has 0 aliphatic carbocycles. The third-order valence-electron chi connectivity index (χ3n) is 5.91. The first-order valence-electron chi connectivity index (χ1n) is 10.7. The monoisotopic (exact) mass is 393 g/mol. The van der Waals surface area contributed by atoms with Crippen LogP contribution in [0, 0.1) is 13.8 Å². The van der Waals surface area contributed by atoms with Crippen molar-refractivity contribution in [3.8, 4) is 0 Å². The molecule has 1 aliphatic heterocycles. The van der Waals surface area contributed by atoms with Crippen molar-refractivity contribution < 1.29 is 14.6 Å². The molecule has 0 bridgehead atoms. The molecule has 29 heavy (non-hydrogen) atoms. The van der Waals surface area contributed by atoms with Crippen molar-refractivity contribution in [1.82, 2.24) is 4.90 Å². The number of aryl methyl sites for hydroxylation is 2. The topological polar surface area (TPSA) is 29.2 Å². The number of likely N-dealkylation sites (N-methyl/N-ethyl adjacent to an activating group) is 1. The Morgan fingerprint density at radius 3 is 2.38 bits per heavy atom. The second-order valence-corrected chi connectivity index (χ2v) is 8.37. The summed E-state index contributed by atoms with van der Waals surface area (Å²) in [5.74, 6) is 0.243. The fourth-order valence-corrected chi connectivity index (χ4v) is 3.98. The van der Waals surface area contributed by atoms with Crippen LogP contribution in [0.5, 0.6) is 0 Å². The van der Waals surface area contributed by atoms with Gasteiger partial charge in [0.05, 0.1) is 6.54 Å². The zero-order valence-electron chi connectivity index (χ0n) is 18.1. The molecule has 1 aliphatic rings. The van der Waals surface area contributed by atoms with E-state index >= 15 is 0 Å². The van der Waals surface area contributed by atoms with E-state index in [-0.39, 0.29) is 5.91 Å². The minimum atomic E-state index is 0.243. The van der Waals surface area contributed by atoms with Crippen LogP contribution in [0.25, 0.3) is 6.08 Å². The van der Waals surface area contributed by atoms with Gasteiger partial charge in [0, 0.05) is 13.6 Å². The Kier molecular flexibility index (Phi) is 7.62. The molecule has 4 nitrogen and oxygen atoms in total. The molecule has 0 aromatic heterocycles. The van der Waals surface area contributed by atoms with Gasteiger partial charge in [0.2, 0.25) is 0 Å². The van der Waals surface area contributed by atoms with Crippen LogP contribution >= 0.6 is 0 Å². The van der Waals surface area contributed by atoms with Gasteiger partial charge < -0.3 is 14.7 Å². The number of carbonyl (C=O) groups is 1. The second kappa shape index (κ2) is 10.4. The highest BCUT2D eigenvalue weighted by Gasteiger charge is 2.25. The van der Waals surface area contributed by atoms with Gasteiger partial charge in [0.25, 0.3) is 5.91 Å². The number of nitrogens with one attached hydrogen (secondary N) is 2. The minimum absolute atomic E-state index is 0.243. The van der Waals surface area contributed by atoms with Crippen LogP contribution in [-0.2, 0) is 11.3 Å². The third-order valence-corrected chi connectivity index (χ3v) is 5.91.